The van der Waals surface area contributed by atoms with E-state index in [1.165, 1.54) is 12.3 Å². The maximum atomic E-state index is 12.3. The summed E-state index contributed by atoms with van der Waals surface area (Å²) in [5.74, 6) is -0.475. The second-order valence-corrected chi connectivity index (χ2v) is 6.05. The first-order valence-electron chi connectivity index (χ1n) is 8.76. The number of hydrogen-bond acceptors (Lipinski definition) is 3. The first-order chi connectivity index (χ1) is 12.7. The number of H-pyrrole nitrogens is 1. The summed E-state index contributed by atoms with van der Waals surface area (Å²) in [4.78, 5) is 31.6. The summed E-state index contributed by atoms with van der Waals surface area (Å²) in [6.45, 7) is 3.08. The van der Waals surface area contributed by atoms with Gasteiger partial charge in [-0.3, -0.25) is 14.6 Å². The van der Waals surface area contributed by atoms with Gasteiger partial charge in [0.1, 0.15) is 5.69 Å². The highest BCUT2D eigenvalue weighted by Crippen LogP contribution is 2.17. The van der Waals surface area contributed by atoms with E-state index in [2.05, 4.69) is 26.7 Å². The lowest BCUT2D eigenvalue weighted by molar-refractivity contribution is 0.0949. The standard InChI is InChI=1S/C20H22N4O2/c1-2-9-22-19(25)14-7-10-21-18(12-14)20(26)23-11-8-15-13-24-17-6-4-3-5-16(15)17/h3-7,10,12-13,24H,2,8-9,11H2,1H3,(H,22,25)(H,23,26). The number of nitrogens with one attached hydrogen (secondary N) is 3. The van der Waals surface area contributed by atoms with Crippen LogP contribution < -0.4 is 10.6 Å². The summed E-state index contributed by atoms with van der Waals surface area (Å²) in [6, 6.07) is 11.2. The Hall–Kier alpha value is -3.15. The van der Waals surface area contributed by atoms with E-state index in [1.807, 2.05) is 31.3 Å². The maximum absolute atomic E-state index is 12.3. The Morgan fingerprint density at radius 3 is 2.73 bits per heavy atom. The van der Waals surface area contributed by atoms with Crippen LogP contribution in [0.4, 0.5) is 0 Å². The van der Waals surface area contributed by atoms with Gasteiger partial charge in [0.25, 0.3) is 11.8 Å². The van der Waals surface area contributed by atoms with Gasteiger partial charge in [0, 0.05) is 41.9 Å². The number of carbonyl (C=O) groups is 2. The molecule has 0 fully saturated rings. The van der Waals surface area contributed by atoms with Gasteiger partial charge in [-0.25, -0.2) is 0 Å². The molecule has 1 aromatic carbocycles. The van der Waals surface area contributed by atoms with Crippen molar-refractivity contribution in [2.45, 2.75) is 19.8 Å². The number of rotatable bonds is 7. The highest BCUT2D eigenvalue weighted by Gasteiger charge is 2.11. The van der Waals surface area contributed by atoms with Gasteiger partial charge >= 0.3 is 0 Å². The van der Waals surface area contributed by atoms with Crippen molar-refractivity contribution in [1.29, 1.82) is 0 Å². The molecule has 0 radical (unpaired) electrons. The van der Waals surface area contributed by atoms with E-state index in [9.17, 15) is 9.59 Å². The molecule has 0 saturated heterocycles. The molecule has 2 heterocycles. The van der Waals surface area contributed by atoms with Crippen molar-refractivity contribution in [3.63, 3.8) is 0 Å². The SMILES string of the molecule is CCCNC(=O)c1ccnc(C(=O)NCCc2c[nH]c3ccccc23)c1. The second kappa shape index (κ2) is 8.29. The number of amides is 2. The monoisotopic (exact) mass is 350 g/mol. The lowest BCUT2D eigenvalue weighted by atomic mass is 10.1. The molecule has 0 aliphatic rings. The quantitative estimate of drug-likeness (QED) is 0.612. The zero-order valence-electron chi connectivity index (χ0n) is 14.7. The van der Waals surface area contributed by atoms with Crippen molar-refractivity contribution >= 4 is 22.7 Å². The molecule has 0 aliphatic heterocycles. The van der Waals surface area contributed by atoms with Crippen molar-refractivity contribution in [2.24, 2.45) is 0 Å². The number of nitrogens with zero attached hydrogens (tertiary/aromatic N) is 1. The van der Waals surface area contributed by atoms with E-state index < -0.39 is 0 Å². The predicted octanol–water partition coefficient (Wildman–Crippen LogP) is 2.68. The zero-order valence-corrected chi connectivity index (χ0v) is 14.7. The number of para-hydroxylation sites is 1. The molecule has 3 rings (SSSR count). The summed E-state index contributed by atoms with van der Waals surface area (Å²) in [6.07, 6.45) is 5.02. The smallest absolute Gasteiger partial charge is 0.269 e. The zero-order chi connectivity index (χ0) is 18.4. The van der Waals surface area contributed by atoms with Crippen LogP contribution in [0, 0.1) is 0 Å². The summed E-state index contributed by atoms with van der Waals surface area (Å²) < 4.78 is 0. The largest absolute Gasteiger partial charge is 0.361 e. The van der Waals surface area contributed by atoms with Crippen molar-refractivity contribution in [2.75, 3.05) is 13.1 Å². The fourth-order valence-electron chi connectivity index (χ4n) is 2.78. The number of aromatic nitrogens is 2. The van der Waals surface area contributed by atoms with Gasteiger partial charge in [0.15, 0.2) is 0 Å². The summed E-state index contributed by atoms with van der Waals surface area (Å²) in [5, 5.41) is 6.82. The third-order valence-electron chi connectivity index (χ3n) is 4.15. The molecule has 0 unspecified atom stereocenters. The van der Waals surface area contributed by atoms with E-state index >= 15 is 0 Å². The predicted molar refractivity (Wildman–Crippen MR) is 101 cm³/mol. The van der Waals surface area contributed by atoms with Crippen LogP contribution in [0.15, 0.2) is 48.8 Å². The van der Waals surface area contributed by atoms with Gasteiger partial charge < -0.3 is 15.6 Å². The minimum atomic E-state index is -0.282. The molecule has 6 nitrogen and oxygen atoms in total. The number of carbonyl (C=O) groups excluding carboxylic acids is 2. The molecular formula is C20H22N4O2. The normalized spacial score (nSPS) is 10.7. The average Bonchev–Trinajstić information content (AvgIpc) is 3.09. The summed E-state index contributed by atoms with van der Waals surface area (Å²) in [5.41, 5.74) is 2.92. The molecule has 3 aromatic rings. The van der Waals surface area contributed by atoms with Crippen LogP contribution in [0.3, 0.4) is 0 Å². The molecule has 26 heavy (non-hydrogen) atoms. The lowest BCUT2D eigenvalue weighted by Gasteiger charge is -2.07. The average molecular weight is 350 g/mol. The molecule has 0 saturated carbocycles. The molecule has 0 spiro atoms. The van der Waals surface area contributed by atoms with Gasteiger partial charge in [-0.1, -0.05) is 25.1 Å². The van der Waals surface area contributed by atoms with Gasteiger partial charge in [0.05, 0.1) is 0 Å². The van der Waals surface area contributed by atoms with E-state index in [-0.39, 0.29) is 17.5 Å². The molecule has 2 amide bonds. The molecule has 134 valence electrons. The maximum Gasteiger partial charge on any atom is 0.269 e. The van der Waals surface area contributed by atoms with E-state index in [1.54, 1.807) is 6.07 Å². The van der Waals surface area contributed by atoms with Gasteiger partial charge in [-0.15, -0.1) is 0 Å². The van der Waals surface area contributed by atoms with Gasteiger partial charge in [0.2, 0.25) is 0 Å². The van der Waals surface area contributed by atoms with Gasteiger partial charge in [-0.2, -0.15) is 0 Å². The van der Waals surface area contributed by atoms with Crippen LogP contribution in [0.5, 0.6) is 0 Å². The molecule has 3 N–H and O–H groups in total. The fourth-order valence-corrected chi connectivity index (χ4v) is 2.78. The minimum Gasteiger partial charge on any atom is -0.361 e. The van der Waals surface area contributed by atoms with Gasteiger partial charge in [-0.05, 0) is 36.6 Å². The molecular weight excluding hydrogens is 328 g/mol. The highest BCUT2D eigenvalue weighted by atomic mass is 16.2. The van der Waals surface area contributed by atoms with Crippen LogP contribution in [-0.4, -0.2) is 34.9 Å². The summed E-state index contributed by atoms with van der Waals surface area (Å²) >= 11 is 0. The highest BCUT2D eigenvalue weighted by molar-refractivity contribution is 5.98. The lowest BCUT2D eigenvalue weighted by Crippen LogP contribution is -2.28. The Labute approximate surface area is 152 Å². The Morgan fingerprint density at radius 2 is 1.88 bits per heavy atom. The number of pyridine rings is 1. The number of fused-ring (bicyclic) bond motifs is 1. The number of benzene rings is 1. The first-order valence-corrected chi connectivity index (χ1v) is 8.76. The van der Waals surface area contributed by atoms with E-state index in [0.29, 0.717) is 25.1 Å². The van der Waals surface area contributed by atoms with Crippen molar-refractivity contribution in [1.82, 2.24) is 20.6 Å². The molecule has 0 atom stereocenters. The molecule has 0 bridgehead atoms. The van der Waals surface area contributed by atoms with Crippen molar-refractivity contribution < 1.29 is 9.59 Å². The van der Waals surface area contributed by atoms with Crippen LogP contribution in [0.1, 0.15) is 39.8 Å². The molecule has 2 aromatic heterocycles. The first kappa shape index (κ1) is 17.7. The van der Waals surface area contributed by atoms with E-state index in [4.69, 9.17) is 0 Å². The number of aromatic amines is 1. The summed E-state index contributed by atoms with van der Waals surface area (Å²) in [7, 11) is 0. The minimum absolute atomic E-state index is 0.193. The van der Waals surface area contributed by atoms with Crippen LogP contribution in [0.25, 0.3) is 10.9 Å². The fraction of sp³-hybridized carbons (Fsp3) is 0.250. The Balaban J connectivity index is 1.59. The second-order valence-electron chi connectivity index (χ2n) is 6.05. The molecule has 0 aliphatic carbocycles. The van der Waals surface area contributed by atoms with Crippen LogP contribution >= 0.6 is 0 Å². The van der Waals surface area contributed by atoms with E-state index in [0.717, 1.165) is 22.9 Å². The Kier molecular flexibility index (Phi) is 5.63. The van der Waals surface area contributed by atoms with Crippen molar-refractivity contribution in [3.05, 3.63) is 65.6 Å². The third kappa shape index (κ3) is 4.08. The van der Waals surface area contributed by atoms with Crippen LogP contribution in [0.2, 0.25) is 0 Å². The Morgan fingerprint density at radius 1 is 1.08 bits per heavy atom. The topological polar surface area (TPSA) is 86.9 Å². The van der Waals surface area contributed by atoms with Crippen molar-refractivity contribution in [3.8, 4) is 0 Å². The number of hydrogen-bond donors (Lipinski definition) is 3. The van der Waals surface area contributed by atoms with Crippen LogP contribution in [-0.2, 0) is 6.42 Å². The third-order valence-corrected chi connectivity index (χ3v) is 4.15. The molecule has 6 heteroatoms. The Bertz CT molecular complexity index is 917.